The van der Waals surface area contributed by atoms with Gasteiger partial charge in [-0.1, -0.05) is 61.0 Å². The van der Waals surface area contributed by atoms with E-state index in [1.807, 2.05) is 13.8 Å². The largest absolute Gasteiger partial charge is 0.372 e. The number of ketones is 2. The number of nitrogens with zero attached hydrogens (tertiary/aromatic N) is 1. The van der Waals surface area contributed by atoms with Gasteiger partial charge in [0.2, 0.25) is 17.1 Å². The number of aliphatic hydroxyl groups is 2. The molecule has 2 N–H and O–H groups in total. The normalized spacial score (nSPS) is 26.0. The van der Waals surface area contributed by atoms with Crippen molar-refractivity contribution in [3.8, 4) is 0 Å². The molecule has 0 unspecified atom stereocenters. The van der Waals surface area contributed by atoms with E-state index in [1.165, 1.54) is 11.1 Å². The average molecular weight is 363 g/mol. The predicted octanol–water partition coefficient (Wildman–Crippen LogP) is 2.56. The molecular formula is C22H21NO4. The van der Waals surface area contributed by atoms with E-state index in [4.69, 9.17) is 0 Å². The number of fused-ring (bicyclic) bond motifs is 3. The van der Waals surface area contributed by atoms with Gasteiger partial charge in [0.05, 0.1) is 5.57 Å². The van der Waals surface area contributed by atoms with E-state index in [2.05, 4.69) is 0 Å². The highest BCUT2D eigenvalue weighted by molar-refractivity contribution is 6.21. The van der Waals surface area contributed by atoms with Crippen molar-refractivity contribution in [1.29, 1.82) is 0 Å². The standard InChI is InChI=1S/C22H21NO4/c1-3-12-23-13-18(19(24)15-10-8-14(2)9-11-15)21(26)20(25)16-6-4-5-7-17(16)22(21,23)27/h4-11,13,26-27H,3,12H2,1-2H3/t21-,22+/m0/s1. The van der Waals surface area contributed by atoms with Crippen molar-refractivity contribution in [2.75, 3.05) is 6.54 Å². The van der Waals surface area contributed by atoms with Crippen LogP contribution >= 0.6 is 0 Å². The van der Waals surface area contributed by atoms with E-state index in [1.54, 1.807) is 48.5 Å². The maximum atomic E-state index is 13.2. The zero-order valence-electron chi connectivity index (χ0n) is 15.3. The number of carbonyl (C=O) groups is 2. The second-order valence-electron chi connectivity index (χ2n) is 7.19. The lowest BCUT2D eigenvalue weighted by atomic mass is 9.82. The van der Waals surface area contributed by atoms with E-state index in [0.29, 0.717) is 24.1 Å². The van der Waals surface area contributed by atoms with Crippen LogP contribution in [-0.2, 0) is 5.72 Å². The van der Waals surface area contributed by atoms with Gasteiger partial charge in [0.15, 0.2) is 5.78 Å². The van der Waals surface area contributed by atoms with Crippen LogP contribution in [-0.4, -0.2) is 38.8 Å². The van der Waals surface area contributed by atoms with Gasteiger partial charge in [-0.15, -0.1) is 0 Å². The summed E-state index contributed by atoms with van der Waals surface area (Å²) in [6.07, 6.45) is 2.12. The third-order valence-electron chi connectivity index (χ3n) is 5.49. The first-order chi connectivity index (χ1) is 12.9. The summed E-state index contributed by atoms with van der Waals surface area (Å²) in [5, 5.41) is 23.1. The van der Waals surface area contributed by atoms with Gasteiger partial charge in [0.25, 0.3) is 0 Å². The summed E-state index contributed by atoms with van der Waals surface area (Å²) in [6.45, 7) is 4.24. The summed E-state index contributed by atoms with van der Waals surface area (Å²) in [5.74, 6) is -1.11. The van der Waals surface area contributed by atoms with Crippen LogP contribution in [0.15, 0.2) is 60.3 Å². The van der Waals surface area contributed by atoms with Gasteiger partial charge in [-0.25, -0.2) is 0 Å². The summed E-state index contributed by atoms with van der Waals surface area (Å²) < 4.78 is 0. The Labute approximate surface area is 157 Å². The zero-order valence-corrected chi connectivity index (χ0v) is 15.3. The van der Waals surface area contributed by atoms with Crippen LogP contribution in [0.4, 0.5) is 0 Å². The van der Waals surface area contributed by atoms with Gasteiger partial charge in [0, 0.05) is 29.4 Å². The quantitative estimate of drug-likeness (QED) is 0.817. The van der Waals surface area contributed by atoms with Crippen LogP contribution in [0.3, 0.4) is 0 Å². The lowest BCUT2D eigenvalue weighted by molar-refractivity contribution is -0.167. The minimum atomic E-state index is -2.33. The molecule has 0 spiro atoms. The predicted molar refractivity (Wildman–Crippen MR) is 100 cm³/mol. The molecule has 0 fully saturated rings. The molecule has 4 rings (SSSR count). The highest BCUT2D eigenvalue weighted by Crippen LogP contribution is 2.54. The molecule has 27 heavy (non-hydrogen) atoms. The summed E-state index contributed by atoms with van der Waals surface area (Å²) in [5.41, 5.74) is -2.47. The minimum absolute atomic E-state index is 0.0940. The Morgan fingerprint density at radius 3 is 2.41 bits per heavy atom. The monoisotopic (exact) mass is 363 g/mol. The maximum Gasteiger partial charge on any atom is 0.210 e. The van der Waals surface area contributed by atoms with E-state index >= 15 is 0 Å². The van der Waals surface area contributed by atoms with Crippen molar-refractivity contribution in [3.63, 3.8) is 0 Å². The first-order valence-electron chi connectivity index (χ1n) is 9.05. The van der Waals surface area contributed by atoms with Crippen molar-refractivity contribution in [2.45, 2.75) is 31.6 Å². The van der Waals surface area contributed by atoms with Crippen LogP contribution in [0.2, 0.25) is 0 Å². The molecule has 0 radical (unpaired) electrons. The SMILES string of the molecule is CCCN1C=C(C(=O)c2ccc(C)cc2)[C@]2(O)C(=O)c3ccccc3[C@]12O. The van der Waals surface area contributed by atoms with E-state index in [-0.39, 0.29) is 11.1 Å². The molecule has 0 amide bonds. The number of aryl methyl sites for hydroxylation is 1. The fourth-order valence-corrected chi connectivity index (χ4v) is 4.10. The number of benzene rings is 2. The maximum absolute atomic E-state index is 13.2. The molecule has 1 aliphatic heterocycles. The number of hydrogen-bond acceptors (Lipinski definition) is 5. The molecule has 5 nitrogen and oxygen atoms in total. The minimum Gasteiger partial charge on any atom is -0.372 e. The van der Waals surface area contributed by atoms with Gasteiger partial charge in [0.1, 0.15) is 0 Å². The molecule has 5 heteroatoms. The van der Waals surface area contributed by atoms with Crippen LogP contribution in [0, 0.1) is 6.92 Å². The summed E-state index contributed by atoms with van der Waals surface area (Å²) in [6, 6.07) is 13.5. The molecular weight excluding hydrogens is 342 g/mol. The van der Waals surface area contributed by atoms with Gasteiger partial charge < -0.3 is 15.1 Å². The Balaban J connectivity index is 1.89. The molecule has 138 valence electrons. The molecule has 2 aliphatic rings. The molecule has 2 atom stereocenters. The number of hydrogen-bond donors (Lipinski definition) is 2. The van der Waals surface area contributed by atoms with E-state index in [9.17, 15) is 19.8 Å². The number of carbonyl (C=O) groups excluding carboxylic acids is 2. The Morgan fingerprint density at radius 1 is 1.07 bits per heavy atom. The number of rotatable bonds is 4. The van der Waals surface area contributed by atoms with Crippen LogP contribution < -0.4 is 0 Å². The fourth-order valence-electron chi connectivity index (χ4n) is 4.10. The van der Waals surface area contributed by atoms with Crippen LogP contribution in [0.25, 0.3) is 0 Å². The van der Waals surface area contributed by atoms with Gasteiger partial charge >= 0.3 is 0 Å². The number of Topliss-reactive ketones (excluding diaryl/α,β-unsaturated/α-hetero) is 2. The van der Waals surface area contributed by atoms with Crippen molar-refractivity contribution in [1.82, 2.24) is 4.90 Å². The van der Waals surface area contributed by atoms with E-state index < -0.39 is 22.9 Å². The molecule has 0 aromatic heterocycles. The van der Waals surface area contributed by atoms with E-state index in [0.717, 1.165) is 5.56 Å². The Morgan fingerprint density at radius 2 is 1.74 bits per heavy atom. The smallest absolute Gasteiger partial charge is 0.210 e. The molecule has 1 heterocycles. The molecule has 0 saturated heterocycles. The van der Waals surface area contributed by atoms with Crippen LogP contribution in [0.5, 0.6) is 0 Å². The Hall–Kier alpha value is -2.76. The topological polar surface area (TPSA) is 77.8 Å². The highest BCUT2D eigenvalue weighted by Gasteiger charge is 2.70. The van der Waals surface area contributed by atoms with Gasteiger partial charge in [-0.2, -0.15) is 0 Å². The van der Waals surface area contributed by atoms with Gasteiger partial charge in [-0.05, 0) is 13.3 Å². The first-order valence-corrected chi connectivity index (χ1v) is 9.05. The second-order valence-corrected chi connectivity index (χ2v) is 7.19. The fraction of sp³-hybridized carbons (Fsp3) is 0.273. The molecule has 1 aliphatic carbocycles. The van der Waals surface area contributed by atoms with Crippen molar-refractivity contribution in [3.05, 3.63) is 82.6 Å². The Kier molecular flexibility index (Phi) is 3.84. The van der Waals surface area contributed by atoms with Crippen molar-refractivity contribution < 1.29 is 19.8 Å². The molecule has 0 bridgehead atoms. The molecule has 2 aromatic rings. The molecule has 2 aromatic carbocycles. The summed E-state index contributed by atoms with van der Waals surface area (Å²) in [7, 11) is 0. The lowest BCUT2D eigenvalue weighted by Crippen LogP contribution is -2.57. The third-order valence-corrected chi connectivity index (χ3v) is 5.49. The zero-order chi connectivity index (χ0) is 19.4. The highest BCUT2D eigenvalue weighted by atomic mass is 16.4. The summed E-state index contributed by atoms with van der Waals surface area (Å²) >= 11 is 0. The van der Waals surface area contributed by atoms with Crippen molar-refractivity contribution >= 4 is 11.6 Å². The first kappa shape index (κ1) is 17.6. The Bertz CT molecular complexity index is 978. The summed E-state index contributed by atoms with van der Waals surface area (Å²) in [4.78, 5) is 27.8. The third kappa shape index (κ3) is 2.13. The van der Waals surface area contributed by atoms with Crippen molar-refractivity contribution in [2.24, 2.45) is 0 Å². The second kappa shape index (κ2) is 5.87. The average Bonchev–Trinajstić information content (AvgIpc) is 3.00. The van der Waals surface area contributed by atoms with Crippen LogP contribution in [0.1, 0.15) is 45.2 Å². The lowest BCUT2D eigenvalue weighted by Gasteiger charge is -2.39. The van der Waals surface area contributed by atoms with Gasteiger partial charge in [-0.3, -0.25) is 9.59 Å². The molecule has 0 saturated carbocycles.